The minimum Gasteiger partial charge on any atom is -0.490 e. The number of fused-ring (bicyclic) bond motifs is 3. The van der Waals surface area contributed by atoms with Crippen molar-refractivity contribution in [2.24, 2.45) is 11.8 Å². The van der Waals surface area contributed by atoms with E-state index in [9.17, 15) is 23.1 Å². The lowest BCUT2D eigenvalue weighted by Gasteiger charge is -2.37. The van der Waals surface area contributed by atoms with Crippen LogP contribution in [-0.4, -0.2) is 34.2 Å². The van der Waals surface area contributed by atoms with Crippen LogP contribution in [0.2, 0.25) is 0 Å². The molecule has 1 N–H and O–H groups in total. The van der Waals surface area contributed by atoms with Crippen LogP contribution in [0.3, 0.4) is 0 Å². The monoisotopic (exact) mass is 489 g/mol. The molecule has 3 fully saturated rings. The third-order valence-electron chi connectivity index (χ3n) is 8.59. The van der Waals surface area contributed by atoms with E-state index >= 15 is 0 Å². The van der Waals surface area contributed by atoms with E-state index in [1.807, 2.05) is 6.07 Å². The van der Waals surface area contributed by atoms with E-state index in [4.69, 9.17) is 4.74 Å². The van der Waals surface area contributed by atoms with Crippen LogP contribution >= 0.6 is 0 Å². The van der Waals surface area contributed by atoms with Crippen LogP contribution in [0.25, 0.3) is 10.8 Å². The van der Waals surface area contributed by atoms with E-state index in [-0.39, 0.29) is 35.2 Å². The van der Waals surface area contributed by atoms with Gasteiger partial charge in [0.05, 0.1) is 12.0 Å². The van der Waals surface area contributed by atoms with Crippen molar-refractivity contribution in [3.05, 3.63) is 41.5 Å². The van der Waals surface area contributed by atoms with E-state index in [1.165, 1.54) is 6.07 Å². The molecule has 7 heteroatoms. The number of carbonyl (C=O) groups is 1. The molecule has 3 aliphatic rings. The second-order valence-corrected chi connectivity index (χ2v) is 10.7. The molecule has 4 nitrogen and oxygen atoms in total. The molecule has 35 heavy (non-hydrogen) atoms. The molecule has 5 rings (SSSR count). The Morgan fingerprint density at radius 3 is 2.29 bits per heavy atom. The summed E-state index contributed by atoms with van der Waals surface area (Å²) in [6.45, 7) is 2.70. The van der Waals surface area contributed by atoms with E-state index < -0.39 is 17.7 Å². The maximum atomic E-state index is 14.3. The molecule has 2 heterocycles. The van der Waals surface area contributed by atoms with Gasteiger partial charge < -0.3 is 9.84 Å². The molecular weight excluding hydrogens is 455 g/mol. The van der Waals surface area contributed by atoms with Crippen molar-refractivity contribution in [1.82, 2.24) is 4.90 Å². The lowest BCUT2D eigenvalue weighted by molar-refractivity contribution is -0.144. The van der Waals surface area contributed by atoms with E-state index in [0.717, 1.165) is 50.5 Å². The number of halogens is 3. The summed E-state index contributed by atoms with van der Waals surface area (Å²) < 4.78 is 49.0. The van der Waals surface area contributed by atoms with Crippen LogP contribution in [-0.2, 0) is 17.5 Å². The Morgan fingerprint density at radius 2 is 1.69 bits per heavy atom. The van der Waals surface area contributed by atoms with Crippen LogP contribution in [0.5, 0.6) is 5.75 Å². The quantitative estimate of drug-likeness (QED) is 0.473. The van der Waals surface area contributed by atoms with E-state index in [1.54, 1.807) is 18.2 Å². The molecule has 1 saturated carbocycles. The first-order chi connectivity index (χ1) is 16.7. The van der Waals surface area contributed by atoms with Gasteiger partial charge in [-0.1, -0.05) is 31.5 Å². The largest absolute Gasteiger partial charge is 0.490 e. The van der Waals surface area contributed by atoms with Crippen molar-refractivity contribution < 1.29 is 27.8 Å². The molecule has 2 atom stereocenters. The Morgan fingerprint density at radius 1 is 1.03 bits per heavy atom. The van der Waals surface area contributed by atoms with Gasteiger partial charge in [0.1, 0.15) is 11.3 Å². The van der Waals surface area contributed by atoms with Crippen molar-refractivity contribution in [3.8, 4) is 5.75 Å². The third-order valence-corrected chi connectivity index (χ3v) is 8.59. The van der Waals surface area contributed by atoms with Gasteiger partial charge in [0.2, 0.25) is 0 Å². The topological polar surface area (TPSA) is 49.8 Å². The van der Waals surface area contributed by atoms with Gasteiger partial charge in [-0.3, -0.25) is 9.69 Å². The van der Waals surface area contributed by atoms with Gasteiger partial charge >= 0.3 is 12.1 Å². The average molecular weight is 490 g/mol. The number of rotatable bonds is 6. The molecule has 2 aromatic rings. The predicted molar refractivity (Wildman–Crippen MR) is 128 cm³/mol. The number of alkyl halides is 3. The minimum atomic E-state index is -4.52. The Labute approximate surface area is 204 Å². The molecule has 2 bridgehead atoms. The van der Waals surface area contributed by atoms with E-state index in [0.29, 0.717) is 30.7 Å². The summed E-state index contributed by atoms with van der Waals surface area (Å²) in [6, 6.07) is 8.90. The van der Waals surface area contributed by atoms with Gasteiger partial charge in [-0.05, 0) is 85.8 Å². The van der Waals surface area contributed by atoms with Gasteiger partial charge in [-0.2, -0.15) is 13.2 Å². The summed E-state index contributed by atoms with van der Waals surface area (Å²) in [4.78, 5) is 13.8. The van der Waals surface area contributed by atoms with Crippen molar-refractivity contribution in [3.63, 3.8) is 0 Å². The number of piperidine rings is 1. The predicted octanol–water partition coefficient (Wildman–Crippen LogP) is 7.03. The van der Waals surface area contributed by atoms with Crippen LogP contribution in [0, 0.1) is 11.8 Å². The van der Waals surface area contributed by atoms with Crippen molar-refractivity contribution in [2.75, 3.05) is 0 Å². The summed E-state index contributed by atoms with van der Waals surface area (Å²) in [5.41, 5.74) is 0.149. The lowest BCUT2D eigenvalue weighted by Crippen LogP contribution is -2.44. The standard InChI is InChI=1S/C28H34F3NO3/c1-2-17-4-10-23(11-5-17)35-25-12-7-19-6-3-18(13-24(19)26(25)28(29,30)31)16-32-21-8-9-22(32)15-20(14-21)27(33)34/h3,6-7,12-13,17,20-23H,2,4-5,8-11,14-16H2,1H3,(H,33,34). The van der Waals surface area contributed by atoms with Crippen molar-refractivity contribution >= 4 is 16.7 Å². The molecule has 1 aliphatic carbocycles. The zero-order valence-corrected chi connectivity index (χ0v) is 20.2. The fraction of sp³-hybridized carbons (Fsp3) is 0.607. The summed E-state index contributed by atoms with van der Waals surface area (Å²) in [5, 5.41) is 10.2. The fourth-order valence-corrected chi connectivity index (χ4v) is 6.62. The Kier molecular flexibility index (Phi) is 6.73. The Bertz CT molecular complexity index is 1060. The molecule has 0 aromatic heterocycles. The Hall–Kier alpha value is -2.28. The normalized spacial score (nSPS) is 29.4. The molecule has 190 valence electrons. The number of carboxylic acid groups (broad SMARTS) is 1. The smallest absolute Gasteiger partial charge is 0.420 e. The number of benzene rings is 2. The average Bonchev–Trinajstić information content (AvgIpc) is 3.04. The molecule has 0 amide bonds. The van der Waals surface area contributed by atoms with Gasteiger partial charge in [0.15, 0.2) is 0 Å². The molecule has 2 aromatic carbocycles. The first kappa shape index (κ1) is 24.4. The summed E-state index contributed by atoms with van der Waals surface area (Å²) >= 11 is 0. The molecular formula is C28H34F3NO3. The first-order valence-electron chi connectivity index (χ1n) is 13.0. The van der Waals surface area contributed by atoms with E-state index in [2.05, 4.69) is 11.8 Å². The zero-order valence-electron chi connectivity index (χ0n) is 20.2. The maximum Gasteiger partial charge on any atom is 0.420 e. The second kappa shape index (κ2) is 9.64. The summed E-state index contributed by atoms with van der Waals surface area (Å²) in [7, 11) is 0. The zero-order chi connectivity index (χ0) is 24.7. The van der Waals surface area contributed by atoms with Crippen LogP contribution < -0.4 is 4.74 Å². The number of ether oxygens (including phenoxy) is 1. The molecule has 2 unspecified atom stereocenters. The minimum absolute atomic E-state index is 0.0653. The summed E-state index contributed by atoms with van der Waals surface area (Å²) in [6.07, 6.45) is 3.14. The lowest BCUT2D eigenvalue weighted by atomic mass is 9.86. The van der Waals surface area contributed by atoms with Crippen LogP contribution in [0.15, 0.2) is 30.3 Å². The number of carboxylic acids is 1. The fourth-order valence-electron chi connectivity index (χ4n) is 6.62. The molecule has 0 radical (unpaired) electrons. The summed E-state index contributed by atoms with van der Waals surface area (Å²) in [5.74, 6) is -0.474. The SMILES string of the molecule is CCC1CCC(Oc2ccc3ccc(CN4C5CCC4CC(C(=O)O)C5)cc3c2C(F)(F)F)CC1. The van der Waals surface area contributed by atoms with Crippen LogP contribution in [0.4, 0.5) is 13.2 Å². The maximum absolute atomic E-state index is 14.3. The van der Waals surface area contributed by atoms with Gasteiger partial charge in [-0.15, -0.1) is 0 Å². The molecule has 2 aliphatic heterocycles. The molecule has 0 spiro atoms. The number of hydrogen-bond donors (Lipinski definition) is 1. The number of aliphatic carboxylic acids is 1. The molecule has 2 saturated heterocycles. The highest BCUT2D eigenvalue weighted by atomic mass is 19.4. The van der Waals surface area contributed by atoms with Crippen LogP contribution in [0.1, 0.15) is 75.8 Å². The van der Waals surface area contributed by atoms with Crippen molar-refractivity contribution in [1.29, 1.82) is 0 Å². The number of hydrogen-bond acceptors (Lipinski definition) is 3. The van der Waals surface area contributed by atoms with Gasteiger partial charge in [0, 0.05) is 18.6 Å². The van der Waals surface area contributed by atoms with Gasteiger partial charge in [0.25, 0.3) is 0 Å². The highest BCUT2D eigenvalue weighted by Gasteiger charge is 2.43. The Balaban J connectivity index is 1.41. The highest BCUT2D eigenvalue weighted by Crippen LogP contribution is 2.44. The van der Waals surface area contributed by atoms with Gasteiger partial charge in [-0.25, -0.2) is 0 Å². The third kappa shape index (κ3) is 5.02. The number of nitrogens with zero attached hydrogens (tertiary/aromatic N) is 1. The highest BCUT2D eigenvalue weighted by molar-refractivity contribution is 5.89. The van der Waals surface area contributed by atoms with Crippen molar-refractivity contribution in [2.45, 2.75) is 95.6 Å². The first-order valence-corrected chi connectivity index (χ1v) is 13.0. The second-order valence-electron chi connectivity index (χ2n) is 10.7.